The molecule has 1 atom stereocenters. The van der Waals surface area contributed by atoms with E-state index in [0.717, 1.165) is 49.9 Å². The van der Waals surface area contributed by atoms with Crippen LogP contribution in [0.25, 0.3) is 0 Å². The number of ether oxygens (including phenoxy) is 1. The Labute approximate surface area is 146 Å². The van der Waals surface area contributed by atoms with Crippen LogP contribution in [0.4, 0.5) is 4.39 Å². The molecule has 5 nitrogen and oxygen atoms in total. The molecule has 1 unspecified atom stereocenters. The van der Waals surface area contributed by atoms with Crippen LogP contribution in [0.2, 0.25) is 0 Å². The SMILES string of the molecule is O=C(c1n[nH]c2c1CCC2)N1CCCC(COc2ccc(F)cc2)C1. The normalized spacial score (nSPS) is 19.7. The molecule has 1 fully saturated rings. The van der Waals surface area contributed by atoms with Crippen LogP contribution in [0.5, 0.6) is 5.75 Å². The fraction of sp³-hybridized carbons (Fsp3) is 0.474. The molecule has 1 saturated heterocycles. The highest BCUT2D eigenvalue weighted by atomic mass is 19.1. The van der Waals surface area contributed by atoms with Gasteiger partial charge >= 0.3 is 0 Å². The van der Waals surface area contributed by atoms with Crippen molar-refractivity contribution in [3.63, 3.8) is 0 Å². The number of nitrogens with one attached hydrogen (secondary N) is 1. The van der Waals surface area contributed by atoms with Crippen molar-refractivity contribution in [1.29, 1.82) is 0 Å². The van der Waals surface area contributed by atoms with Crippen LogP contribution in [-0.2, 0) is 12.8 Å². The van der Waals surface area contributed by atoms with Gasteiger partial charge in [0.15, 0.2) is 5.69 Å². The number of aryl methyl sites for hydroxylation is 1. The van der Waals surface area contributed by atoms with Crippen molar-refractivity contribution in [2.45, 2.75) is 32.1 Å². The van der Waals surface area contributed by atoms with Crippen molar-refractivity contribution in [3.05, 3.63) is 47.0 Å². The van der Waals surface area contributed by atoms with Gasteiger partial charge in [-0.1, -0.05) is 0 Å². The molecule has 0 bridgehead atoms. The molecule has 0 saturated carbocycles. The molecule has 4 rings (SSSR count). The molecule has 1 aliphatic heterocycles. The molecule has 25 heavy (non-hydrogen) atoms. The van der Waals surface area contributed by atoms with E-state index in [1.165, 1.54) is 12.1 Å². The molecule has 1 aliphatic carbocycles. The third-order valence-electron chi connectivity index (χ3n) is 5.11. The van der Waals surface area contributed by atoms with Gasteiger partial charge in [0, 0.05) is 30.3 Å². The molecule has 2 aliphatic rings. The van der Waals surface area contributed by atoms with Crippen molar-refractivity contribution in [1.82, 2.24) is 15.1 Å². The van der Waals surface area contributed by atoms with Gasteiger partial charge in [-0.05, 0) is 56.4 Å². The van der Waals surface area contributed by atoms with Gasteiger partial charge in [-0.2, -0.15) is 5.10 Å². The molecule has 1 amide bonds. The summed E-state index contributed by atoms with van der Waals surface area (Å²) in [4.78, 5) is 14.7. The topological polar surface area (TPSA) is 58.2 Å². The number of aromatic nitrogens is 2. The van der Waals surface area contributed by atoms with Crippen LogP contribution in [0, 0.1) is 11.7 Å². The number of likely N-dealkylation sites (tertiary alicyclic amines) is 1. The summed E-state index contributed by atoms with van der Waals surface area (Å²) in [5.74, 6) is 0.712. The molecular weight excluding hydrogens is 321 g/mol. The fourth-order valence-electron chi connectivity index (χ4n) is 3.78. The first kappa shape index (κ1) is 16.1. The second-order valence-electron chi connectivity index (χ2n) is 6.91. The number of nitrogens with zero attached hydrogens (tertiary/aromatic N) is 2. The Morgan fingerprint density at radius 2 is 2.12 bits per heavy atom. The van der Waals surface area contributed by atoms with Gasteiger partial charge in [-0.25, -0.2) is 4.39 Å². The van der Waals surface area contributed by atoms with E-state index in [2.05, 4.69) is 10.2 Å². The summed E-state index contributed by atoms with van der Waals surface area (Å²) in [6.45, 7) is 1.99. The number of piperidine rings is 1. The van der Waals surface area contributed by atoms with Crippen molar-refractivity contribution < 1.29 is 13.9 Å². The maximum absolute atomic E-state index is 12.9. The Balaban J connectivity index is 1.37. The summed E-state index contributed by atoms with van der Waals surface area (Å²) in [7, 11) is 0. The van der Waals surface area contributed by atoms with Gasteiger partial charge in [-0.3, -0.25) is 9.89 Å². The van der Waals surface area contributed by atoms with Gasteiger partial charge in [0.2, 0.25) is 0 Å². The number of benzene rings is 1. The number of carbonyl (C=O) groups excluding carboxylic acids is 1. The zero-order valence-electron chi connectivity index (χ0n) is 14.1. The molecule has 2 heterocycles. The molecule has 6 heteroatoms. The smallest absolute Gasteiger partial charge is 0.274 e. The molecule has 1 N–H and O–H groups in total. The van der Waals surface area contributed by atoms with E-state index < -0.39 is 0 Å². The Morgan fingerprint density at radius 1 is 1.28 bits per heavy atom. The van der Waals surface area contributed by atoms with E-state index in [0.29, 0.717) is 24.6 Å². The quantitative estimate of drug-likeness (QED) is 0.928. The van der Waals surface area contributed by atoms with Crippen LogP contribution in [0.15, 0.2) is 24.3 Å². The molecular formula is C19H22FN3O2. The van der Waals surface area contributed by atoms with E-state index in [9.17, 15) is 9.18 Å². The zero-order chi connectivity index (χ0) is 17.2. The summed E-state index contributed by atoms with van der Waals surface area (Å²) < 4.78 is 18.7. The van der Waals surface area contributed by atoms with E-state index >= 15 is 0 Å². The Kier molecular flexibility index (Phi) is 4.42. The van der Waals surface area contributed by atoms with E-state index in [-0.39, 0.29) is 17.6 Å². The van der Waals surface area contributed by atoms with Crippen LogP contribution >= 0.6 is 0 Å². The summed E-state index contributed by atoms with van der Waals surface area (Å²) in [5, 5.41) is 7.27. The minimum absolute atomic E-state index is 0.0332. The maximum atomic E-state index is 12.9. The third kappa shape index (κ3) is 3.38. The standard InChI is InChI=1S/C19H22FN3O2/c20-14-6-8-15(9-7-14)25-12-13-3-2-10-23(11-13)19(24)18-16-4-1-5-17(16)21-22-18/h6-9,13H,1-5,10-12H2,(H,21,22). The highest BCUT2D eigenvalue weighted by molar-refractivity contribution is 5.94. The number of hydrogen-bond donors (Lipinski definition) is 1. The predicted octanol–water partition coefficient (Wildman–Crippen LogP) is 2.97. The van der Waals surface area contributed by atoms with Crippen molar-refractivity contribution in [3.8, 4) is 5.75 Å². The number of H-pyrrole nitrogens is 1. The maximum Gasteiger partial charge on any atom is 0.274 e. The first-order valence-corrected chi connectivity index (χ1v) is 8.94. The Hall–Kier alpha value is -2.37. The van der Waals surface area contributed by atoms with Crippen molar-refractivity contribution in [2.24, 2.45) is 5.92 Å². The zero-order valence-corrected chi connectivity index (χ0v) is 14.1. The summed E-state index contributed by atoms with van der Waals surface area (Å²) >= 11 is 0. The van der Waals surface area contributed by atoms with E-state index in [4.69, 9.17) is 4.74 Å². The number of hydrogen-bond acceptors (Lipinski definition) is 3. The van der Waals surface area contributed by atoms with Gasteiger partial charge in [-0.15, -0.1) is 0 Å². The average molecular weight is 343 g/mol. The summed E-state index contributed by atoms with van der Waals surface area (Å²) in [6, 6.07) is 6.05. The minimum atomic E-state index is -0.270. The lowest BCUT2D eigenvalue weighted by molar-refractivity contribution is 0.0626. The van der Waals surface area contributed by atoms with Crippen LogP contribution in [0.3, 0.4) is 0 Å². The number of rotatable bonds is 4. The lowest BCUT2D eigenvalue weighted by Gasteiger charge is -2.32. The van der Waals surface area contributed by atoms with E-state index in [1.54, 1.807) is 12.1 Å². The highest BCUT2D eigenvalue weighted by Crippen LogP contribution is 2.26. The van der Waals surface area contributed by atoms with Crippen LogP contribution in [0.1, 0.15) is 41.0 Å². The summed E-state index contributed by atoms with van der Waals surface area (Å²) in [5.41, 5.74) is 2.83. The monoisotopic (exact) mass is 343 g/mol. The molecule has 1 aromatic heterocycles. The second-order valence-corrected chi connectivity index (χ2v) is 6.91. The number of amides is 1. The Morgan fingerprint density at radius 3 is 2.96 bits per heavy atom. The number of carbonyl (C=O) groups is 1. The molecule has 0 spiro atoms. The number of fused-ring (bicyclic) bond motifs is 1. The number of aromatic amines is 1. The molecule has 132 valence electrons. The van der Waals surface area contributed by atoms with Gasteiger partial charge in [0.05, 0.1) is 6.61 Å². The molecule has 2 aromatic rings. The van der Waals surface area contributed by atoms with Gasteiger partial charge < -0.3 is 9.64 Å². The minimum Gasteiger partial charge on any atom is -0.493 e. The van der Waals surface area contributed by atoms with Crippen LogP contribution < -0.4 is 4.74 Å². The highest BCUT2D eigenvalue weighted by Gasteiger charge is 2.30. The Bertz CT molecular complexity index is 757. The van der Waals surface area contributed by atoms with Gasteiger partial charge in [0.25, 0.3) is 5.91 Å². The predicted molar refractivity (Wildman–Crippen MR) is 91.1 cm³/mol. The fourth-order valence-corrected chi connectivity index (χ4v) is 3.78. The average Bonchev–Trinajstić information content (AvgIpc) is 3.24. The second kappa shape index (κ2) is 6.86. The first-order chi connectivity index (χ1) is 12.2. The third-order valence-corrected chi connectivity index (χ3v) is 5.11. The molecule has 0 radical (unpaired) electrons. The molecule has 1 aromatic carbocycles. The van der Waals surface area contributed by atoms with Crippen molar-refractivity contribution >= 4 is 5.91 Å². The van der Waals surface area contributed by atoms with Crippen LogP contribution in [-0.4, -0.2) is 40.7 Å². The van der Waals surface area contributed by atoms with E-state index in [1.807, 2.05) is 4.90 Å². The summed E-state index contributed by atoms with van der Waals surface area (Å²) in [6.07, 6.45) is 5.03. The number of halogens is 1. The van der Waals surface area contributed by atoms with Crippen molar-refractivity contribution in [2.75, 3.05) is 19.7 Å². The lowest BCUT2D eigenvalue weighted by Crippen LogP contribution is -2.42. The largest absolute Gasteiger partial charge is 0.493 e. The first-order valence-electron chi connectivity index (χ1n) is 8.94. The van der Waals surface area contributed by atoms with Gasteiger partial charge in [0.1, 0.15) is 11.6 Å². The lowest BCUT2D eigenvalue weighted by atomic mass is 9.98.